The molecule has 16 nitrogen and oxygen atoms in total. The van der Waals surface area contributed by atoms with E-state index in [1.807, 2.05) is 66.7 Å². The predicted molar refractivity (Wildman–Crippen MR) is 195 cm³/mol. The first-order valence-electron chi connectivity index (χ1n) is 17.5. The monoisotopic (exact) mass is 733 g/mol. The van der Waals surface area contributed by atoms with Crippen LogP contribution in [0.3, 0.4) is 0 Å². The number of aliphatic imine (C=N–C) groups is 1. The van der Waals surface area contributed by atoms with Gasteiger partial charge < -0.3 is 33.3 Å². The number of hydrogen-bond acceptors (Lipinski definition) is 12. The zero-order chi connectivity index (χ0) is 37.1. The van der Waals surface area contributed by atoms with Crippen LogP contribution in [0.15, 0.2) is 107 Å². The molecule has 0 N–H and O–H groups in total. The highest BCUT2D eigenvalue weighted by Crippen LogP contribution is 2.45. The Labute approximate surface area is 310 Å². The number of carbonyl (C=O) groups excluding carboxylic acids is 1. The molecule has 2 aliphatic rings. The highest BCUT2D eigenvalue weighted by atomic mass is 16.8. The first-order chi connectivity index (χ1) is 26.6. The Kier molecular flexibility index (Phi) is 12.0. The van der Waals surface area contributed by atoms with Crippen molar-refractivity contribution in [3.63, 3.8) is 0 Å². The van der Waals surface area contributed by atoms with E-state index in [-0.39, 0.29) is 44.8 Å². The first-order valence-corrected chi connectivity index (χ1v) is 17.5. The average molecular weight is 734 g/mol. The molecule has 0 aliphatic carbocycles. The Morgan fingerprint density at radius 2 is 1.59 bits per heavy atom. The van der Waals surface area contributed by atoms with Crippen molar-refractivity contribution < 1.29 is 33.2 Å². The van der Waals surface area contributed by atoms with E-state index in [1.165, 1.54) is 6.92 Å². The lowest BCUT2D eigenvalue weighted by Gasteiger charge is -2.21. The Balaban J connectivity index is 1.20. The summed E-state index contributed by atoms with van der Waals surface area (Å²) in [5, 5.41) is 3.48. The van der Waals surface area contributed by atoms with Gasteiger partial charge in [-0.25, -0.2) is 9.98 Å². The minimum absolute atomic E-state index is 0.0261. The summed E-state index contributed by atoms with van der Waals surface area (Å²) in [6.07, 6.45) is 0.107. The largest absolute Gasteiger partial charge is 0.474 e. The summed E-state index contributed by atoms with van der Waals surface area (Å²) in [5.74, 6) is -0.108. The summed E-state index contributed by atoms with van der Waals surface area (Å²) in [7, 11) is 0. The molecule has 3 aromatic carbocycles. The highest BCUT2D eigenvalue weighted by Gasteiger charge is 2.54. The maximum Gasteiger partial charge on any atom is 0.302 e. The summed E-state index contributed by atoms with van der Waals surface area (Å²) in [6.45, 7) is 3.32. The van der Waals surface area contributed by atoms with Crippen molar-refractivity contribution in [3.05, 3.63) is 124 Å². The zero-order valence-corrected chi connectivity index (χ0v) is 29.5. The van der Waals surface area contributed by atoms with Crippen molar-refractivity contribution in [3.8, 4) is 5.88 Å². The molecule has 16 heteroatoms. The van der Waals surface area contributed by atoms with Crippen LogP contribution in [-0.2, 0) is 41.6 Å². The second kappa shape index (κ2) is 17.7. The molecule has 278 valence electrons. The molecule has 0 saturated carbocycles. The van der Waals surface area contributed by atoms with E-state index in [4.69, 9.17) is 43.9 Å². The topological polar surface area (TPSA) is 180 Å². The van der Waals surface area contributed by atoms with Gasteiger partial charge in [0.25, 0.3) is 5.95 Å². The molecule has 0 bridgehead atoms. The van der Waals surface area contributed by atoms with Crippen molar-refractivity contribution in [2.24, 2.45) is 10.1 Å². The number of benzene rings is 3. The molecule has 4 heterocycles. The minimum atomic E-state index is -0.759. The van der Waals surface area contributed by atoms with Crippen LogP contribution in [0.25, 0.3) is 21.6 Å². The molecular weight excluding hydrogens is 694 g/mol. The van der Waals surface area contributed by atoms with E-state index in [1.54, 1.807) is 17.2 Å². The molecule has 2 aliphatic heterocycles. The van der Waals surface area contributed by atoms with Gasteiger partial charge in [-0.05, 0) is 16.7 Å². The quantitative estimate of drug-likeness (QED) is 0.0213. The van der Waals surface area contributed by atoms with Crippen molar-refractivity contribution in [1.82, 2.24) is 24.4 Å². The molecule has 2 saturated heterocycles. The molecule has 5 atom stereocenters. The molecule has 5 aromatic rings. The lowest BCUT2D eigenvalue weighted by Crippen LogP contribution is -2.32. The van der Waals surface area contributed by atoms with Gasteiger partial charge >= 0.3 is 5.97 Å². The fourth-order valence-corrected chi connectivity index (χ4v) is 6.24. The van der Waals surface area contributed by atoms with E-state index in [0.29, 0.717) is 24.3 Å². The van der Waals surface area contributed by atoms with E-state index in [2.05, 4.69) is 49.2 Å². The maximum atomic E-state index is 11.8. The van der Waals surface area contributed by atoms with Gasteiger partial charge in [0.05, 0.1) is 25.9 Å². The Bertz CT molecular complexity index is 2020. The molecule has 0 amide bonds. The molecule has 7 rings (SSSR count). The van der Waals surface area contributed by atoms with Crippen LogP contribution >= 0.6 is 0 Å². The smallest absolute Gasteiger partial charge is 0.302 e. The lowest BCUT2D eigenvalue weighted by atomic mass is 10.1. The van der Waals surface area contributed by atoms with Gasteiger partial charge in [-0.2, -0.15) is 9.97 Å². The van der Waals surface area contributed by atoms with Crippen molar-refractivity contribution in [1.29, 1.82) is 0 Å². The van der Waals surface area contributed by atoms with E-state index in [9.17, 15) is 4.79 Å². The van der Waals surface area contributed by atoms with E-state index in [0.717, 1.165) is 16.7 Å². The normalized spacial score (nSPS) is 20.5. The summed E-state index contributed by atoms with van der Waals surface area (Å²) in [5.41, 5.74) is 12.4. The Hall–Kier alpha value is -5.90. The standard InChI is InChI=1S/C38H39N9O7/c1-26(48)51-23-30-32-33(54-37(53-32)29-15-9-4-10-16-29)36(52-30)47-25-40-31-34(47)43-38(44-35(31)50-20-19-49-18-17-42-45-39)41-24-46(21-27-11-5-2-6-12-27)22-28-13-7-3-8-14-28/h2-16,24-25,30,32-33,36-37H,17-23H2,1H3/b41-24+/t30-,32-,33-,36-,37?/m1/s1. The van der Waals surface area contributed by atoms with Crippen LogP contribution in [0, 0.1) is 0 Å². The summed E-state index contributed by atoms with van der Waals surface area (Å²) < 4.78 is 38.0. The number of imidazole rings is 1. The van der Waals surface area contributed by atoms with Crippen LogP contribution in [0.5, 0.6) is 5.88 Å². The predicted octanol–water partition coefficient (Wildman–Crippen LogP) is 5.84. The number of esters is 1. The van der Waals surface area contributed by atoms with E-state index < -0.39 is 36.8 Å². The van der Waals surface area contributed by atoms with Gasteiger partial charge in [-0.1, -0.05) is 96.1 Å². The van der Waals surface area contributed by atoms with E-state index >= 15 is 0 Å². The molecule has 54 heavy (non-hydrogen) atoms. The van der Waals surface area contributed by atoms with Crippen LogP contribution < -0.4 is 4.74 Å². The fourth-order valence-electron chi connectivity index (χ4n) is 6.24. The Morgan fingerprint density at radius 3 is 2.28 bits per heavy atom. The fraction of sp³-hybridized carbons (Fsp3) is 0.342. The maximum absolute atomic E-state index is 11.8. The van der Waals surface area contributed by atoms with Gasteiger partial charge in [-0.15, -0.1) is 0 Å². The second-order valence-corrected chi connectivity index (χ2v) is 12.5. The zero-order valence-electron chi connectivity index (χ0n) is 29.5. The van der Waals surface area contributed by atoms with Crippen molar-refractivity contribution >= 4 is 29.4 Å². The van der Waals surface area contributed by atoms with Gasteiger partial charge in [0, 0.05) is 37.0 Å². The SMILES string of the molecule is CC(=O)OC[C@H]1O[C@@H](n2cnc3c(OCCOCCN=[N+]=[N-])nc(/N=C/N(Cc4ccccc4)Cc4ccccc4)nc32)[C@@H]2OC(c3ccccc3)O[C@@H]21. The third-order valence-corrected chi connectivity index (χ3v) is 8.68. The van der Waals surface area contributed by atoms with Crippen molar-refractivity contribution in [2.45, 2.75) is 50.8 Å². The van der Waals surface area contributed by atoms with Gasteiger partial charge in [0.2, 0.25) is 5.88 Å². The molecule has 2 aromatic heterocycles. The van der Waals surface area contributed by atoms with Gasteiger partial charge in [0.15, 0.2) is 23.7 Å². The summed E-state index contributed by atoms with van der Waals surface area (Å²) >= 11 is 0. The first kappa shape index (κ1) is 36.5. The second-order valence-electron chi connectivity index (χ2n) is 12.5. The molecule has 0 radical (unpaired) electrons. The number of rotatable bonds is 17. The average Bonchev–Trinajstić information content (AvgIpc) is 3.91. The van der Waals surface area contributed by atoms with Crippen LogP contribution in [0.4, 0.5) is 5.95 Å². The number of hydrogen-bond donors (Lipinski definition) is 0. The number of carbonyl (C=O) groups is 1. The van der Waals surface area contributed by atoms with Crippen LogP contribution in [0.1, 0.15) is 36.1 Å². The third kappa shape index (κ3) is 9.00. The highest BCUT2D eigenvalue weighted by molar-refractivity contribution is 5.78. The number of nitrogens with zero attached hydrogens (tertiary/aromatic N) is 9. The third-order valence-electron chi connectivity index (χ3n) is 8.68. The number of ether oxygens (including phenoxy) is 6. The minimum Gasteiger partial charge on any atom is -0.474 e. The lowest BCUT2D eigenvalue weighted by molar-refractivity contribution is -0.165. The molecular formula is C38H39N9O7. The number of aromatic nitrogens is 4. The Morgan fingerprint density at radius 1 is 0.907 bits per heavy atom. The number of fused-ring (bicyclic) bond motifs is 2. The van der Waals surface area contributed by atoms with Crippen LogP contribution in [-0.4, -0.2) is 88.0 Å². The summed E-state index contributed by atoms with van der Waals surface area (Å²) in [4.78, 5) is 35.5. The number of azide groups is 1. The van der Waals surface area contributed by atoms with Gasteiger partial charge in [-0.3, -0.25) is 9.36 Å². The van der Waals surface area contributed by atoms with Crippen molar-refractivity contribution in [2.75, 3.05) is 33.0 Å². The molecule has 2 fully saturated rings. The molecule has 0 spiro atoms. The summed E-state index contributed by atoms with van der Waals surface area (Å²) in [6, 6.07) is 29.8. The van der Waals surface area contributed by atoms with Crippen LogP contribution in [0.2, 0.25) is 0 Å². The molecule has 1 unspecified atom stereocenters. The van der Waals surface area contributed by atoms with Gasteiger partial charge in [0.1, 0.15) is 31.5 Å².